The van der Waals surface area contributed by atoms with Crippen LogP contribution in [0.4, 0.5) is 11.6 Å². The van der Waals surface area contributed by atoms with Gasteiger partial charge in [-0.1, -0.05) is 0 Å². The Morgan fingerprint density at radius 2 is 1.61 bits per heavy atom. The number of hydrogen-bond donors (Lipinski definition) is 8. The molecule has 3 aromatic rings. The summed E-state index contributed by atoms with van der Waals surface area (Å²) in [6.07, 6.45) is -1.71. The molecule has 2 heterocycles. The largest absolute Gasteiger partial charge is 2.00 e. The van der Waals surface area contributed by atoms with Gasteiger partial charge < -0.3 is 61.6 Å². The predicted molar refractivity (Wildman–Crippen MR) is 144 cm³/mol. The van der Waals surface area contributed by atoms with Crippen molar-refractivity contribution in [2.45, 2.75) is 43.9 Å². The number of amides is 1. The molecule has 1 aromatic carbocycles. The molecular weight excluding hydrogens is 662 g/mol. The predicted octanol–water partition coefficient (Wildman–Crippen LogP) is -3.97. The topological polar surface area (TPSA) is 351 Å². The van der Waals surface area contributed by atoms with Gasteiger partial charge in [0.25, 0.3) is 5.91 Å². The molecular formula is C25H25FeN7O13. The van der Waals surface area contributed by atoms with E-state index >= 15 is 0 Å². The summed E-state index contributed by atoms with van der Waals surface area (Å²) in [6.45, 7) is 0.231. The van der Waals surface area contributed by atoms with E-state index in [0.717, 1.165) is 0 Å². The number of rotatable bonds is 14. The van der Waals surface area contributed by atoms with Crippen molar-refractivity contribution in [2.24, 2.45) is 0 Å². The van der Waals surface area contributed by atoms with Crippen LogP contribution in [0.1, 0.15) is 41.7 Å². The summed E-state index contributed by atoms with van der Waals surface area (Å²) < 4.78 is 0. The summed E-state index contributed by atoms with van der Waals surface area (Å²) in [7, 11) is 0. The Balaban J connectivity index is 0.000000642. The van der Waals surface area contributed by atoms with Crippen LogP contribution in [-0.4, -0.2) is 87.8 Å². The number of carboxylic acids is 5. The number of hydrogen-bond acceptors (Lipinski definition) is 15. The Hall–Kier alpha value is -5.66. The molecule has 0 aliphatic heterocycles. The zero-order chi connectivity index (χ0) is 33.9. The number of fused-ring (bicyclic) bond motifs is 1. The molecule has 1 unspecified atom stereocenters. The third kappa shape index (κ3) is 11.8. The van der Waals surface area contributed by atoms with Crippen LogP contribution in [-0.2, 0) is 47.6 Å². The van der Waals surface area contributed by atoms with Crippen molar-refractivity contribution >= 4 is 58.6 Å². The number of carboxylic acid groups (broad SMARTS) is 5. The van der Waals surface area contributed by atoms with E-state index in [1.54, 1.807) is 12.1 Å². The fourth-order valence-corrected chi connectivity index (χ4v) is 3.46. The summed E-state index contributed by atoms with van der Waals surface area (Å²) in [4.78, 5) is 90.7. The molecule has 0 bridgehead atoms. The number of carbonyl (C=O) groups is 6. The van der Waals surface area contributed by atoms with E-state index in [4.69, 9.17) is 26.2 Å². The van der Waals surface area contributed by atoms with E-state index in [1.165, 1.54) is 18.3 Å². The molecule has 21 heteroatoms. The molecule has 3 rings (SSSR count). The summed E-state index contributed by atoms with van der Waals surface area (Å²) >= 11 is 0. The molecule has 0 aliphatic rings. The second-order valence-electron chi connectivity index (χ2n) is 9.15. The number of anilines is 2. The van der Waals surface area contributed by atoms with E-state index < -0.39 is 65.8 Å². The van der Waals surface area contributed by atoms with Crippen LogP contribution in [0.15, 0.2) is 35.3 Å². The van der Waals surface area contributed by atoms with Crippen LogP contribution in [0.2, 0.25) is 0 Å². The minimum atomic E-state index is -2.91. The number of nitrogen functional groups attached to an aromatic ring is 1. The number of aromatic amines is 1. The molecule has 246 valence electrons. The first kappa shape index (κ1) is 38.4. The quantitative estimate of drug-likeness (QED) is 0.0749. The number of aromatic nitrogens is 4. The summed E-state index contributed by atoms with van der Waals surface area (Å²) in [5, 5.41) is 60.4. The first-order valence-corrected chi connectivity index (χ1v) is 12.5. The monoisotopic (exact) mass is 687 g/mol. The number of nitrogens with zero attached hydrogens (tertiary/aromatic N) is 3. The third-order valence-corrected chi connectivity index (χ3v) is 5.62. The van der Waals surface area contributed by atoms with Gasteiger partial charge in [0.15, 0.2) is 11.2 Å². The van der Waals surface area contributed by atoms with E-state index in [1.807, 2.05) is 0 Å². The summed E-state index contributed by atoms with van der Waals surface area (Å²) in [5.41, 5.74) is 3.56. The maximum Gasteiger partial charge on any atom is 2.00 e. The second kappa shape index (κ2) is 17.0. The zero-order valence-electron chi connectivity index (χ0n) is 23.2. The van der Waals surface area contributed by atoms with Gasteiger partial charge in [0.1, 0.15) is 11.6 Å². The van der Waals surface area contributed by atoms with Crippen LogP contribution >= 0.6 is 0 Å². The first-order valence-electron chi connectivity index (χ1n) is 12.5. The molecule has 46 heavy (non-hydrogen) atoms. The first-order chi connectivity index (χ1) is 21.0. The number of H-pyrrole nitrogens is 1. The van der Waals surface area contributed by atoms with Gasteiger partial charge in [0.2, 0.25) is 5.95 Å². The molecule has 0 saturated carbocycles. The van der Waals surface area contributed by atoms with Crippen LogP contribution < -0.4 is 32.1 Å². The van der Waals surface area contributed by atoms with Crippen molar-refractivity contribution in [1.82, 2.24) is 25.3 Å². The number of carbonyl (C=O) groups excluding carboxylic acids is 3. The average Bonchev–Trinajstić information content (AvgIpc) is 2.93. The Bertz CT molecular complexity index is 1650. The van der Waals surface area contributed by atoms with Crippen molar-refractivity contribution < 1.29 is 76.5 Å². The van der Waals surface area contributed by atoms with E-state index in [0.29, 0.717) is 11.4 Å². The second-order valence-corrected chi connectivity index (χ2v) is 9.15. The fraction of sp³-hybridized carbons (Fsp3) is 0.280. The molecule has 2 aromatic heterocycles. The van der Waals surface area contributed by atoms with Gasteiger partial charge in [-0.2, -0.15) is 4.98 Å². The Labute approximate surface area is 267 Å². The molecule has 0 spiro atoms. The van der Waals surface area contributed by atoms with Crippen molar-refractivity contribution in [2.75, 3.05) is 11.1 Å². The number of aliphatic hydroxyl groups is 1. The van der Waals surface area contributed by atoms with Crippen molar-refractivity contribution in [3.05, 3.63) is 52.1 Å². The zero-order valence-corrected chi connectivity index (χ0v) is 24.3. The average molecular weight is 687 g/mol. The van der Waals surface area contributed by atoms with Gasteiger partial charge in [-0.3, -0.25) is 19.2 Å². The fourth-order valence-electron chi connectivity index (χ4n) is 3.46. The molecule has 1 amide bonds. The van der Waals surface area contributed by atoms with Crippen LogP contribution in [0.3, 0.4) is 0 Å². The minimum Gasteiger partial charge on any atom is -0.550 e. The maximum absolute atomic E-state index is 12.3. The van der Waals surface area contributed by atoms with Crippen LogP contribution in [0.5, 0.6) is 0 Å². The van der Waals surface area contributed by atoms with Gasteiger partial charge in [0, 0.05) is 30.1 Å². The Kier molecular flexibility index (Phi) is 14.2. The molecule has 9 N–H and O–H groups in total. The Morgan fingerprint density at radius 3 is 2.13 bits per heavy atom. The van der Waals surface area contributed by atoms with E-state index in [9.17, 15) is 43.8 Å². The van der Waals surface area contributed by atoms with E-state index in [-0.39, 0.29) is 59.1 Å². The van der Waals surface area contributed by atoms with Crippen molar-refractivity contribution in [3.63, 3.8) is 0 Å². The molecule has 20 nitrogen and oxygen atoms in total. The standard InChI is InChI=1S/C19H19N7O6.C6H8O7.Fe/c20-19-25-15-14(17(30)26-19)23-11(8-22-15)7-21-10-3-1-9(2-4-10)16(29)24-12(18(31)32)5-6-13(27)28;7-3(8)1-6(13,5(11)12)2-4(9)10;/h1-4,8,12,21H,5-7H2,(H,24,29)(H,27,28)(H,31,32)(H3,20,22,25,26,30);13H,1-2H2,(H,7,8)(H,9,10)(H,11,12);/q;;+2/p-2/t12-;;/m0../s1. The maximum atomic E-state index is 12.3. The van der Waals surface area contributed by atoms with Gasteiger partial charge >= 0.3 is 40.5 Å². The van der Waals surface area contributed by atoms with Gasteiger partial charge in [-0.05, 0) is 30.7 Å². The molecule has 0 aliphatic carbocycles. The summed E-state index contributed by atoms with van der Waals surface area (Å²) in [5.74, 6) is -8.82. The van der Waals surface area contributed by atoms with Gasteiger partial charge in [-0.25, -0.2) is 14.8 Å². The van der Waals surface area contributed by atoms with Crippen molar-refractivity contribution in [1.29, 1.82) is 0 Å². The minimum absolute atomic E-state index is 0. The molecule has 2 atom stereocenters. The van der Waals surface area contributed by atoms with Crippen LogP contribution in [0, 0.1) is 0 Å². The smallest absolute Gasteiger partial charge is 0.550 e. The van der Waals surface area contributed by atoms with Crippen LogP contribution in [0.25, 0.3) is 11.2 Å². The van der Waals surface area contributed by atoms with Crippen molar-refractivity contribution in [3.8, 4) is 0 Å². The molecule has 0 fully saturated rings. The number of aliphatic carboxylic acids is 5. The number of benzene rings is 1. The normalized spacial score (nSPS) is 12.2. The van der Waals surface area contributed by atoms with Gasteiger partial charge in [0.05, 0.1) is 30.8 Å². The molecule has 0 saturated heterocycles. The van der Waals surface area contributed by atoms with E-state index in [2.05, 4.69) is 30.6 Å². The number of nitrogens with two attached hydrogens (primary N) is 1. The molecule has 0 radical (unpaired) electrons. The Morgan fingerprint density at radius 1 is 0.978 bits per heavy atom. The number of nitrogens with one attached hydrogen (secondary N) is 3. The van der Waals surface area contributed by atoms with Gasteiger partial charge in [-0.15, -0.1) is 0 Å². The third-order valence-electron chi connectivity index (χ3n) is 5.62. The SMILES string of the molecule is Nc1nc(=O)c2nc(CNc3ccc(C(=O)N[C@@H](CCC(=O)O)C(=O)O)cc3)cnc2[nH]1.O=C([O-])CC(O)(CC(=O)O)C(=O)[O-].[Fe+2]. The summed E-state index contributed by atoms with van der Waals surface area (Å²) in [6, 6.07) is 4.86.